The standard InChI is InChI=1S/C9H17NO5/c1-6(9(13)14)8(12)10-4-3-7(11)5-15-2/h6-7,11H,3-5H2,1-2H3,(H,10,12)(H,13,14). The summed E-state index contributed by atoms with van der Waals surface area (Å²) < 4.78 is 4.69. The normalized spacial score (nSPS) is 14.3. The zero-order valence-corrected chi connectivity index (χ0v) is 8.90. The van der Waals surface area contributed by atoms with Gasteiger partial charge in [0.05, 0.1) is 12.7 Å². The van der Waals surface area contributed by atoms with Crippen molar-refractivity contribution in [2.75, 3.05) is 20.3 Å². The fourth-order valence-electron chi connectivity index (χ4n) is 0.903. The molecule has 0 fully saturated rings. The first-order valence-electron chi connectivity index (χ1n) is 4.66. The van der Waals surface area contributed by atoms with Crippen LogP contribution < -0.4 is 5.32 Å². The number of methoxy groups -OCH3 is 1. The van der Waals surface area contributed by atoms with E-state index in [1.54, 1.807) is 0 Å². The van der Waals surface area contributed by atoms with Crippen LogP contribution in [0.1, 0.15) is 13.3 Å². The van der Waals surface area contributed by atoms with Crippen molar-refractivity contribution in [1.82, 2.24) is 5.32 Å². The highest BCUT2D eigenvalue weighted by Gasteiger charge is 2.19. The minimum Gasteiger partial charge on any atom is -0.481 e. The Kier molecular flexibility index (Phi) is 6.64. The average molecular weight is 219 g/mol. The molecule has 0 heterocycles. The van der Waals surface area contributed by atoms with Crippen LogP contribution in [0.15, 0.2) is 0 Å². The van der Waals surface area contributed by atoms with Gasteiger partial charge in [-0.15, -0.1) is 0 Å². The van der Waals surface area contributed by atoms with Gasteiger partial charge in [0, 0.05) is 13.7 Å². The van der Waals surface area contributed by atoms with Gasteiger partial charge in [-0.3, -0.25) is 9.59 Å². The molecule has 0 rings (SSSR count). The average Bonchev–Trinajstić information content (AvgIpc) is 2.16. The first-order valence-corrected chi connectivity index (χ1v) is 4.66. The Hall–Kier alpha value is -1.14. The maximum absolute atomic E-state index is 11.1. The van der Waals surface area contributed by atoms with Gasteiger partial charge in [0.15, 0.2) is 0 Å². The summed E-state index contributed by atoms with van der Waals surface area (Å²) in [5, 5.41) is 20.1. The minimum absolute atomic E-state index is 0.199. The summed E-state index contributed by atoms with van der Waals surface area (Å²) in [4.78, 5) is 21.5. The highest BCUT2D eigenvalue weighted by molar-refractivity contribution is 5.96. The Morgan fingerprint density at radius 2 is 2.07 bits per heavy atom. The molecule has 0 saturated carbocycles. The number of amides is 1. The lowest BCUT2D eigenvalue weighted by atomic mass is 10.1. The molecule has 0 bridgehead atoms. The van der Waals surface area contributed by atoms with Gasteiger partial charge in [0.1, 0.15) is 5.92 Å². The van der Waals surface area contributed by atoms with E-state index in [0.717, 1.165) is 0 Å². The molecule has 2 unspecified atom stereocenters. The molecule has 0 aromatic carbocycles. The van der Waals surface area contributed by atoms with Gasteiger partial charge in [0.25, 0.3) is 0 Å². The van der Waals surface area contributed by atoms with Crippen molar-refractivity contribution in [3.63, 3.8) is 0 Å². The molecule has 0 radical (unpaired) electrons. The van der Waals surface area contributed by atoms with Crippen LogP contribution in [0.4, 0.5) is 0 Å². The molecule has 0 aromatic rings. The maximum Gasteiger partial charge on any atom is 0.315 e. The number of carbonyl (C=O) groups is 2. The van der Waals surface area contributed by atoms with E-state index >= 15 is 0 Å². The van der Waals surface area contributed by atoms with Crippen LogP contribution >= 0.6 is 0 Å². The molecule has 88 valence electrons. The number of aliphatic hydroxyl groups excluding tert-OH is 1. The van der Waals surface area contributed by atoms with E-state index < -0.39 is 23.9 Å². The lowest BCUT2D eigenvalue weighted by Crippen LogP contribution is -2.35. The second kappa shape index (κ2) is 7.19. The maximum atomic E-state index is 11.1. The zero-order chi connectivity index (χ0) is 11.8. The number of ether oxygens (including phenoxy) is 1. The van der Waals surface area contributed by atoms with Crippen LogP contribution in [0, 0.1) is 5.92 Å². The van der Waals surface area contributed by atoms with Crippen LogP contribution in [0.3, 0.4) is 0 Å². The topological polar surface area (TPSA) is 95.9 Å². The van der Waals surface area contributed by atoms with Crippen molar-refractivity contribution in [1.29, 1.82) is 0 Å². The summed E-state index contributed by atoms with van der Waals surface area (Å²) in [7, 11) is 1.47. The van der Waals surface area contributed by atoms with Gasteiger partial charge >= 0.3 is 5.97 Å². The zero-order valence-electron chi connectivity index (χ0n) is 8.90. The van der Waals surface area contributed by atoms with Gasteiger partial charge in [-0.1, -0.05) is 0 Å². The fourth-order valence-corrected chi connectivity index (χ4v) is 0.903. The van der Waals surface area contributed by atoms with Gasteiger partial charge in [0.2, 0.25) is 5.91 Å². The summed E-state index contributed by atoms with van der Waals surface area (Å²) in [5.74, 6) is -2.78. The van der Waals surface area contributed by atoms with E-state index in [-0.39, 0.29) is 13.2 Å². The fraction of sp³-hybridized carbons (Fsp3) is 0.778. The molecule has 6 heteroatoms. The summed E-state index contributed by atoms with van der Waals surface area (Å²) in [6, 6.07) is 0. The smallest absolute Gasteiger partial charge is 0.315 e. The lowest BCUT2D eigenvalue weighted by molar-refractivity contribution is -0.146. The summed E-state index contributed by atoms with van der Waals surface area (Å²) in [6.45, 7) is 1.74. The first kappa shape index (κ1) is 13.9. The number of hydrogen-bond acceptors (Lipinski definition) is 4. The molecule has 0 aliphatic rings. The van der Waals surface area contributed by atoms with Crippen LogP contribution in [0.25, 0.3) is 0 Å². The second-order valence-corrected chi connectivity index (χ2v) is 3.25. The van der Waals surface area contributed by atoms with E-state index in [1.807, 2.05) is 0 Å². The Bertz CT molecular complexity index is 219. The molecule has 0 aliphatic carbocycles. The van der Waals surface area contributed by atoms with Gasteiger partial charge < -0.3 is 20.3 Å². The monoisotopic (exact) mass is 219 g/mol. The molecular formula is C9H17NO5. The van der Waals surface area contributed by atoms with Crippen LogP contribution in [0.2, 0.25) is 0 Å². The minimum atomic E-state index is -1.16. The summed E-state index contributed by atoms with van der Waals surface area (Å²) >= 11 is 0. The van der Waals surface area contributed by atoms with E-state index in [1.165, 1.54) is 14.0 Å². The van der Waals surface area contributed by atoms with Crippen molar-refractivity contribution in [2.45, 2.75) is 19.4 Å². The lowest BCUT2D eigenvalue weighted by Gasteiger charge is -2.11. The van der Waals surface area contributed by atoms with Crippen molar-refractivity contribution in [3.8, 4) is 0 Å². The highest BCUT2D eigenvalue weighted by atomic mass is 16.5. The Balaban J connectivity index is 3.68. The first-order chi connectivity index (χ1) is 6.99. The van der Waals surface area contributed by atoms with Crippen molar-refractivity contribution in [3.05, 3.63) is 0 Å². The Morgan fingerprint density at radius 3 is 2.53 bits per heavy atom. The third kappa shape index (κ3) is 6.03. The molecule has 0 saturated heterocycles. The molecule has 6 nitrogen and oxygen atoms in total. The second-order valence-electron chi connectivity index (χ2n) is 3.25. The van der Waals surface area contributed by atoms with Gasteiger partial charge in [-0.25, -0.2) is 0 Å². The van der Waals surface area contributed by atoms with E-state index in [4.69, 9.17) is 9.84 Å². The van der Waals surface area contributed by atoms with Crippen LogP contribution in [-0.4, -0.2) is 48.5 Å². The predicted octanol–water partition coefficient (Wildman–Crippen LogP) is -0.779. The number of rotatable bonds is 7. The third-order valence-electron chi connectivity index (χ3n) is 1.90. The molecular weight excluding hydrogens is 202 g/mol. The van der Waals surface area contributed by atoms with Crippen molar-refractivity contribution >= 4 is 11.9 Å². The predicted molar refractivity (Wildman–Crippen MR) is 52.3 cm³/mol. The number of carboxylic acid groups (broad SMARTS) is 1. The number of carbonyl (C=O) groups excluding carboxylic acids is 1. The number of carboxylic acids is 1. The largest absolute Gasteiger partial charge is 0.481 e. The Labute approximate surface area is 88.2 Å². The number of aliphatic carboxylic acids is 1. The van der Waals surface area contributed by atoms with Crippen LogP contribution in [0.5, 0.6) is 0 Å². The van der Waals surface area contributed by atoms with E-state index in [2.05, 4.69) is 5.32 Å². The number of nitrogens with one attached hydrogen (secondary N) is 1. The molecule has 0 spiro atoms. The quantitative estimate of drug-likeness (QED) is 0.488. The van der Waals surface area contributed by atoms with E-state index in [0.29, 0.717) is 6.42 Å². The summed E-state index contributed by atoms with van der Waals surface area (Å²) in [6.07, 6.45) is -0.304. The molecule has 1 amide bonds. The Morgan fingerprint density at radius 1 is 1.47 bits per heavy atom. The molecule has 15 heavy (non-hydrogen) atoms. The van der Waals surface area contributed by atoms with Crippen molar-refractivity contribution in [2.24, 2.45) is 5.92 Å². The van der Waals surface area contributed by atoms with Crippen molar-refractivity contribution < 1.29 is 24.5 Å². The molecule has 0 aliphatic heterocycles. The molecule has 0 aromatic heterocycles. The van der Waals surface area contributed by atoms with Gasteiger partial charge in [-0.2, -0.15) is 0 Å². The van der Waals surface area contributed by atoms with Gasteiger partial charge in [-0.05, 0) is 13.3 Å². The third-order valence-corrected chi connectivity index (χ3v) is 1.90. The van der Waals surface area contributed by atoms with Crippen LogP contribution in [-0.2, 0) is 14.3 Å². The summed E-state index contributed by atoms with van der Waals surface area (Å²) in [5.41, 5.74) is 0. The molecule has 2 atom stereocenters. The number of hydrogen-bond donors (Lipinski definition) is 3. The van der Waals surface area contributed by atoms with E-state index in [9.17, 15) is 14.7 Å². The molecule has 3 N–H and O–H groups in total. The SMILES string of the molecule is COCC(O)CCNC(=O)C(C)C(=O)O. The highest BCUT2D eigenvalue weighted by Crippen LogP contribution is 1.95. The number of aliphatic hydroxyl groups is 1.